The molecule has 1 aromatic rings. The number of nitrogens with zero attached hydrogens (tertiary/aromatic N) is 3. The molecule has 12 heteroatoms. The zero-order valence-corrected chi connectivity index (χ0v) is 21.3. The van der Waals surface area contributed by atoms with Crippen molar-refractivity contribution < 1.29 is 21.6 Å². The Kier molecular flexibility index (Phi) is 10.5. The van der Waals surface area contributed by atoms with Gasteiger partial charge in [-0.15, -0.1) is 24.0 Å². The van der Waals surface area contributed by atoms with Crippen molar-refractivity contribution in [2.45, 2.75) is 50.0 Å². The lowest BCUT2D eigenvalue weighted by molar-refractivity contribution is -0.143. The van der Waals surface area contributed by atoms with Gasteiger partial charge in [0.25, 0.3) is 0 Å². The van der Waals surface area contributed by atoms with Crippen molar-refractivity contribution in [3.8, 4) is 0 Å². The molecule has 1 heterocycles. The van der Waals surface area contributed by atoms with E-state index in [1.54, 1.807) is 52.2 Å². The number of sulfonamides is 1. The van der Waals surface area contributed by atoms with Crippen LogP contribution in [-0.4, -0.2) is 75.6 Å². The Morgan fingerprint density at radius 3 is 2.42 bits per heavy atom. The van der Waals surface area contributed by atoms with E-state index in [2.05, 4.69) is 15.6 Å². The minimum Gasteiger partial charge on any atom is -0.352 e. The van der Waals surface area contributed by atoms with E-state index in [0.29, 0.717) is 32.0 Å². The number of benzene rings is 1. The van der Waals surface area contributed by atoms with Gasteiger partial charge in [-0.05, 0) is 38.0 Å². The molecule has 1 fully saturated rings. The maximum Gasteiger partial charge on any atom is 0.401 e. The summed E-state index contributed by atoms with van der Waals surface area (Å²) in [5, 5.41) is 6.26. The van der Waals surface area contributed by atoms with Crippen LogP contribution in [-0.2, 0) is 16.6 Å². The first kappa shape index (κ1) is 27.9. The van der Waals surface area contributed by atoms with Crippen LogP contribution in [0.25, 0.3) is 0 Å². The number of nitrogens with one attached hydrogen (secondary N) is 2. The molecule has 31 heavy (non-hydrogen) atoms. The summed E-state index contributed by atoms with van der Waals surface area (Å²) in [7, 11) is -0.395. The number of hydrogen-bond donors (Lipinski definition) is 2. The predicted octanol–water partition coefficient (Wildman–Crippen LogP) is 2.64. The Bertz CT molecular complexity index is 832. The Morgan fingerprint density at radius 2 is 1.90 bits per heavy atom. The molecule has 0 aromatic heterocycles. The second-order valence-corrected chi connectivity index (χ2v) is 9.66. The van der Waals surface area contributed by atoms with E-state index in [1.807, 2.05) is 0 Å². The summed E-state index contributed by atoms with van der Waals surface area (Å²) in [4.78, 5) is 5.71. The third kappa shape index (κ3) is 8.39. The molecule has 1 atom stereocenters. The highest BCUT2D eigenvalue weighted by atomic mass is 127. The molecule has 7 nitrogen and oxygen atoms in total. The van der Waals surface area contributed by atoms with Crippen LogP contribution in [0.4, 0.5) is 13.2 Å². The largest absolute Gasteiger partial charge is 0.401 e. The van der Waals surface area contributed by atoms with Crippen molar-refractivity contribution >= 4 is 40.0 Å². The van der Waals surface area contributed by atoms with Gasteiger partial charge in [-0.25, -0.2) is 8.42 Å². The van der Waals surface area contributed by atoms with Gasteiger partial charge in [-0.3, -0.25) is 9.89 Å². The van der Waals surface area contributed by atoms with E-state index in [4.69, 9.17) is 0 Å². The molecule has 178 valence electrons. The van der Waals surface area contributed by atoms with Crippen LogP contribution in [0.2, 0.25) is 0 Å². The normalized spacial score (nSPS) is 18.4. The van der Waals surface area contributed by atoms with E-state index >= 15 is 0 Å². The molecular weight excluding hydrogens is 546 g/mol. The average Bonchev–Trinajstić information content (AvgIpc) is 3.09. The molecule has 0 bridgehead atoms. The molecule has 0 amide bonds. The molecule has 1 saturated heterocycles. The predicted molar refractivity (Wildman–Crippen MR) is 126 cm³/mol. The highest BCUT2D eigenvalue weighted by molar-refractivity contribution is 14.0. The first-order valence-corrected chi connectivity index (χ1v) is 11.2. The molecule has 0 saturated carbocycles. The number of guanidine groups is 1. The summed E-state index contributed by atoms with van der Waals surface area (Å²) >= 11 is 0. The average molecular weight is 577 g/mol. The van der Waals surface area contributed by atoms with E-state index in [1.165, 1.54) is 9.21 Å². The van der Waals surface area contributed by atoms with Gasteiger partial charge in [0, 0.05) is 45.8 Å². The minimum atomic E-state index is -4.20. The van der Waals surface area contributed by atoms with Crippen molar-refractivity contribution in [1.82, 2.24) is 19.8 Å². The number of rotatable bonds is 7. The number of hydrogen-bond acceptors (Lipinski definition) is 4. The molecule has 1 unspecified atom stereocenters. The topological polar surface area (TPSA) is 77.0 Å². The molecule has 2 N–H and O–H groups in total. The van der Waals surface area contributed by atoms with Gasteiger partial charge in [0.1, 0.15) is 0 Å². The van der Waals surface area contributed by atoms with Crippen LogP contribution in [0.1, 0.15) is 25.8 Å². The number of likely N-dealkylation sites (tertiary alicyclic amines) is 1. The summed E-state index contributed by atoms with van der Waals surface area (Å²) < 4.78 is 63.9. The summed E-state index contributed by atoms with van der Waals surface area (Å²) in [6, 6.07) is 6.32. The quantitative estimate of drug-likeness (QED) is 0.296. The summed E-state index contributed by atoms with van der Waals surface area (Å²) in [6.07, 6.45) is -3.59. The SMILES string of the molecule is CN=C(NCc1ccc(S(=O)(=O)N(C)C(C)C)cc1)NC1CCN(CC(F)(F)F)C1.I. The fraction of sp³-hybridized carbons (Fsp3) is 0.632. The van der Waals surface area contributed by atoms with Gasteiger partial charge in [0.2, 0.25) is 10.0 Å². The fourth-order valence-electron chi connectivity index (χ4n) is 3.14. The maximum atomic E-state index is 12.5. The van der Waals surface area contributed by atoms with E-state index in [0.717, 1.165) is 5.56 Å². The Hall–Kier alpha value is -1.12. The van der Waals surface area contributed by atoms with Crippen LogP contribution < -0.4 is 10.6 Å². The third-order valence-electron chi connectivity index (χ3n) is 5.03. The smallest absolute Gasteiger partial charge is 0.352 e. The first-order valence-electron chi connectivity index (χ1n) is 9.75. The van der Waals surface area contributed by atoms with Gasteiger partial charge in [0.05, 0.1) is 11.4 Å². The molecule has 1 aromatic carbocycles. The van der Waals surface area contributed by atoms with Crippen molar-refractivity contribution in [2.24, 2.45) is 4.99 Å². The lowest BCUT2D eigenvalue weighted by Crippen LogP contribution is -2.44. The Balaban J connectivity index is 0.00000480. The minimum absolute atomic E-state index is 0. The van der Waals surface area contributed by atoms with Crippen LogP contribution >= 0.6 is 24.0 Å². The maximum absolute atomic E-state index is 12.5. The van der Waals surface area contributed by atoms with Crippen LogP contribution in [0.15, 0.2) is 34.2 Å². The molecule has 2 rings (SSSR count). The highest BCUT2D eigenvalue weighted by Crippen LogP contribution is 2.20. The van der Waals surface area contributed by atoms with E-state index in [9.17, 15) is 21.6 Å². The lowest BCUT2D eigenvalue weighted by Gasteiger charge is -2.21. The zero-order valence-electron chi connectivity index (χ0n) is 18.1. The van der Waals surface area contributed by atoms with Crippen LogP contribution in [0.5, 0.6) is 0 Å². The van der Waals surface area contributed by atoms with Crippen molar-refractivity contribution in [2.75, 3.05) is 33.7 Å². The van der Waals surface area contributed by atoms with E-state index in [-0.39, 0.29) is 41.0 Å². The molecule has 0 radical (unpaired) electrons. The lowest BCUT2D eigenvalue weighted by atomic mass is 10.2. The standard InChI is InChI=1S/C19H30F3N5O2S.HI/c1-14(2)26(4)30(28,29)17-7-5-15(6-8-17)11-24-18(23-3)25-16-9-10-27(12-16)13-19(20,21)22;/h5-8,14,16H,9-13H2,1-4H3,(H2,23,24,25);1H. The van der Waals surface area contributed by atoms with Crippen molar-refractivity contribution in [3.63, 3.8) is 0 Å². The van der Waals surface area contributed by atoms with Crippen molar-refractivity contribution in [1.29, 1.82) is 0 Å². The van der Waals surface area contributed by atoms with Crippen molar-refractivity contribution in [3.05, 3.63) is 29.8 Å². The number of halogens is 4. The third-order valence-corrected chi connectivity index (χ3v) is 7.08. The number of alkyl halides is 3. The van der Waals surface area contributed by atoms with Crippen LogP contribution in [0, 0.1) is 0 Å². The summed E-state index contributed by atoms with van der Waals surface area (Å²) in [5.74, 6) is 0.491. The molecule has 0 spiro atoms. The van der Waals surface area contributed by atoms with Gasteiger partial charge in [0.15, 0.2) is 5.96 Å². The van der Waals surface area contributed by atoms with Gasteiger partial charge in [-0.1, -0.05) is 12.1 Å². The number of aliphatic imine (C=N–C) groups is 1. The van der Waals surface area contributed by atoms with Crippen LogP contribution in [0.3, 0.4) is 0 Å². The first-order chi connectivity index (χ1) is 13.9. The zero-order chi connectivity index (χ0) is 22.5. The van der Waals surface area contributed by atoms with Gasteiger partial charge >= 0.3 is 6.18 Å². The molecular formula is C19H31F3IN5O2S. The summed E-state index contributed by atoms with van der Waals surface area (Å²) in [5.41, 5.74) is 0.856. The Labute approximate surface area is 199 Å². The monoisotopic (exact) mass is 577 g/mol. The highest BCUT2D eigenvalue weighted by Gasteiger charge is 2.34. The molecule has 1 aliphatic heterocycles. The van der Waals surface area contributed by atoms with Gasteiger partial charge < -0.3 is 10.6 Å². The molecule has 1 aliphatic rings. The molecule has 0 aliphatic carbocycles. The second kappa shape index (κ2) is 11.7. The second-order valence-electron chi connectivity index (χ2n) is 7.66. The fourth-order valence-corrected chi connectivity index (χ4v) is 4.51. The Morgan fingerprint density at radius 1 is 1.29 bits per heavy atom. The van der Waals surface area contributed by atoms with Gasteiger partial charge in [-0.2, -0.15) is 17.5 Å². The summed E-state index contributed by atoms with van der Waals surface area (Å²) in [6.45, 7) is 3.80. The van der Waals surface area contributed by atoms with E-state index < -0.39 is 22.7 Å².